The van der Waals surface area contributed by atoms with E-state index in [4.69, 9.17) is 11.6 Å². The molecular formula is C13H21ClN4. The van der Waals surface area contributed by atoms with Gasteiger partial charge < -0.3 is 4.90 Å². The van der Waals surface area contributed by atoms with E-state index < -0.39 is 0 Å². The van der Waals surface area contributed by atoms with Crippen LogP contribution in [-0.4, -0.2) is 34.2 Å². The zero-order valence-corrected chi connectivity index (χ0v) is 11.9. The number of piperidine rings is 1. The minimum absolute atomic E-state index is 0.556. The molecule has 18 heavy (non-hydrogen) atoms. The fourth-order valence-electron chi connectivity index (χ4n) is 2.43. The number of anilines is 1. The second-order valence-electron chi connectivity index (χ2n) is 4.82. The summed E-state index contributed by atoms with van der Waals surface area (Å²) in [5.41, 5.74) is 2.10. The van der Waals surface area contributed by atoms with Crippen LogP contribution in [0.5, 0.6) is 0 Å². The molecule has 2 rings (SSSR count). The Labute approximate surface area is 114 Å². The summed E-state index contributed by atoms with van der Waals surface area (Å²) in [5.74, 6) is 2.05. The van der Waals surface area contributed by atoms with E-state index in [1.807, 2.05) is 0 Å². The van der Waals surface area contributed by atoms with E-state index in [9.17, 15) is 0 Å². The van der Waals surface area contributed by atoms with Crippen LogP contribution in [0.2, 0.25) is 0 Å². The number of nitrogens with zero attached hydrogens (tertiary/aromatic N) is 4. The van der Waals surface area contributed by atoms with Gasteiger partial charge >= 0.3 is 0 Å². The minimum Gasteiger partial charge on any atom is -0.339 e. The highest BCUT2D eigenvalue weighted by molar-refractivity contribution is 6.18. The monoisotopic (exact) mass is 268 g/mol. The summed E-state index contributed by atoms with van der Waals surface area (Å²) in [6.45, 7) is 6.18. The average molecular weight is 269 g/mol. The molecule has 0 saturated carbocycles. The Bertz CT molecular complexity index is 397. The molecule has 1 aliphatic heterocycles. The Morgan fingerprint density at radius 3 is 2.67 bits per heavy atom. The third-order valence-corrected chi connectivity index (χ3v) is 3.95. The van der Waals surface area contributed by atoms with Gasteiger partial charge in [-0.15, -0.1) is 16.7 Å². The number of rotatable bonds is 4. The average Bonchev–Trinajstić information content (AvgIpc) is 2.46. The molecule has 0 bridgehead atoms. The summed E-state index contributed by atoms with van der Waals surface area (Å²) < 4.78 is 0. The van der Waals surface area contributed by atoms with Crippen LogP contribution < -0.4 is 4.90 Å². The van der Waals surface area contributed by atoms with Crippen molar-refractivity contribution in [1.82, 2.24) is 15.2 Å². The first kappa shape index (κ1) is 13.5. The topological polar surface area (TPSA) is 41.9 Å². The van der Waals surface area contributed by atoms with Gasteiger partial charge in [0.1, 0.15) is 0 Å². The van der Waals surface area contributed by atoms with E-state index in [0.717, 1.165) is 55.6 Å². The van der Waals surface area contributed by atoms with Crippen LogP contribution in [0.25, 0.3) is 0 Å². The van der Waals surface area contributed by atoms with Crippen LogP contribution in [0, 0.1) is 5.92 Å². The van der Waals surface area contributed by atoms with Crippen molar-refractivity contribution in [2.45, 2.75) is 39.5 Å². The lowest BCUT2D eigenvalue weighted by molar-refractivity contribution is 0.444. The Balaban J connectivity index is 2.17. The first-order valence-electron chi connectivity index (χ1n) is 6.81. The van der Waals surface area contributed by atoms with Crippen LogP contribution in [0.15, 0.2) is 0 Å². The van der Waals surface area contributed by atoms with Gasteiger partial charge in [0.15, 0.2) is 0 Å². The maximum atomic E-state index is 5.96. The predicted molar refractivity (Wildman–Crippen MR) is 74.2 cm³/mol. The second kappa shape index (κ2) is 6.32. The van der Waals surface area contributed by atoms with Crippen LogP contribution in [-0.2, 0) is 12.8 Å². The molecule has 0 amide bonds. The lowest BCUT2D eigenvalue weighted by Gasteiger charge is -2.31. The Morgan fingerprint density at radius 1 is 1.22 bits per heavy atom. The molecule has 5 heteroatoms. The fraction of sp³-hybridized carbons (Fsp3) is 0.769. The first-order valence-corrected chi connectivity index (χ1v) is 7.35. The number of halogens is 1. The first-order chi connectivity index (χ1) is 8.78. The highest BCUT2D eigenvalue weighted by atomic mass is 35.5. The summed E-state index contributed by atoms with van der Waals surface area (Å²) in [7, 11) is 0. The van der Waals surface area contributed by atoms with Gasteiger partial charge in [-0.2, -0.15) is 5.10 Å². The van der Waals surface area contributed by atoms with E-state index >= 15 is 0 Å². The Kier molecular flexibility index (Phi) is 4.75. The quantitative estimate of drug-likeness (QED) is 0.787. The SMILES string of the molecule is CCc1nnc(N2CCCC(CCl)C2)nc1CC. The number of aromatic nitrogens is 3. The maximum absolute atomic E-state index is 5.96. The van der Waals surface area contributed by atoms with Crippen molar-refractivity contribution < 1.29 is 0 Å². The van der Waals surface area contributed by atoms with Crippen molar-refractivity contribution in [3.8, 4) is 0 Å². The molecule has 0 spiro atoms. The number of aryl methyl sites for hydroxylation is 2. The Morgan fingerprint density at radius 2 is 2.00 bits per heavy atom. The zero-order chi connectivity index (χ0) is 13.0. The summed E-state index contributed by atoms with van der Waals surface area (Å²) in [6, 6.07) is 0. The molecule has 0 N–H and O–H groups in total. The van der Waals surface area contributed by atoms with Crippen LogP contribution in [0.1, 0.15) is 38.1 Å². The van der Waals surface area contributed by atoms with Gasteiger partial charge in [-0.3, -0.25) is 0 Å². The van der Waals surface area contributed by atoms with E-state index in [0.29, 0.717) is 5.92 Å². The third kappa shape index (κ3) is 2.91. The minimum atomic E-state index is 0.556. The van der Waals surface area contributed by atoms with Gasteiger partial charge in [0.05, 0.1) is 11.4 Å². The predicted octanol–water partition coefficient (Wildman–Crippen LogP) is 2.45. The van der Waals surface area contributed by atoms with Gasteiger partial charge in [-0.1, -0.05) is 13.8 Å². The highest BCUT2D eigenvalue weighted by Gasteiger charge is 2.22. The van der Waals surface area contributed by atoms with Crippen LogP contribution >= 0.6 is 11.6 Å². The van der Waals surface area contributed by atoms with Crippen molar-refractivity contribution in [2.24, 2.45) is 5.92 Å². The fourth-order valence-corrected chi connectivity index (χ4v) is 2.69. The van der Waals surface area contributed by atoms with Crippen LogP contribution in [0.3, 0.4) is 0 Å². The molecule has 1 atom stereocenters. The lowest BCUT2D eigenvalue weighted by Crippen LogP contribution is -2.37. The molecule has 1 aromatic rings. The number of hydrogen-bond acceptors (Lipinski definition) is 4. The van der Waals surface area contributed by atoms with Crippen molar-refractivity contribution >= 4 is 17.5 Å². The molecule has 0 radical (unpaired) electrons. The van der Waals surface area contributed by atoms with E-state index in [1.165, 1.54) is 6.42 Å². The largest absolute Gasteiger partial charge is 0.339 e. The van der Waals surface area contributed by atoms with Gasteiger partial charge in [0.2, 0.25) is 5.95 Å². The standard InChI is InChI=1S/C13H21ClN4/c1-3-11-12(4-2)16-17-13(15-11)18-7-5-6-10(8-14)9-18/h10H,3-9H2,1-2H3. The number of hydrogen-bond donors (Lipinski definition) is 0. The molecule has 1 unspecified atom stereocenters. The van der Waals surface area contributed by atoms with Crippen molar-refractivity contribution in [1.29, 1.82) is 0 Å². The van der Waals surface area contributed by atoms with Gasteiger partial charge in [-0.05, 0) is 31.6 Å². The molecule has 0 aromatic carbocycles. The molecule has 1 aromatic heterocycles. The van der Waals surface area contributed by atoms with Gasteiger partial charge in [-0.25, -0.2) is 4.98 Å². The van der Waals surface area contributed by atoms with Crippen molar-refractivity contribution in [3.05, 3.63) is 11.4 Å². The molecule has 1 fully saturated rings. The highest BCUT2D eigenvalue weighted by Crippen LogP contribution is 2.21. The van der Waals surface area contributed by atoms with Crippen molar-refractivity contribution in [3.63, 3.8) is 0 Å². The summed E-state index contributed by atoms with van der Waals surface area (Å²) >= 11 is 5.96. The van der Waals surface area contributed by atoms with E-state index in [2.05, 4.69) is 33.9 Å². The normalized spacial score (nSPS) is 20.2. The smallest absolute Gasteiger partial charge is 0.245 e. The molecule has 1 saturated heterocycles. The van der Waals surface area contributed by atoms with Gasteiger partial charge in [0, 0.05) is 19.0 Å². The maximum Gasteiger partial charge on any atom is 0.245 e. The second-order valence-corrected chi connectivity index (χ2v) is 5.13. The Hall–Kier alpha value is -0.900. The van der Waals surface area contributed by atoms with E-state index in [-0.39, 0.29) is 0 Å². The molecule has 2 heterocycles. The molecule has 100 valence electrons. The van der Waals surface area contributed by atoms with E-state index in [1.54, 1.807) is 0 Å². The molecule has 4 nitrogen and oxygen atoms in total. The number of alkyl halides is 1. The summed E-state index contributed by atoms with van der Waals surface area (Å²) in [4.78, 5) is 6.89. The van der Waals surface area contributed by atoms with Crippen LogP contribution in [0.4, 0.5) is 5.95 Å². The summed E-state index contributed by atoms with van der Waals surface area (Å²) in [5, 5.41) is 8.58. The molecular weight excluding hydrogens is 248 g/mol. The van der Waals surface area contributed by atoms with Gasteiger partial charge in [0.25, 0.3) is 0 Å². The zero-order valence-electron chi connectivity index (χ0n) is 11.2. The third-order valence-electron chi connectivity index (χ3n) is 3.52. The molecule has 1 aliphatic rings. The van der Waals surface area contributed by atoms with Crippen molar-refractivity contribution in [2.75, 3.05) is 23.9 Å². The summed E-state index contributed by atoms with van der Waals surface area (Å²) in [6.07, 6.45) is 4.19. The molecule has 0 aliphatic carbocycles. The lowest BCUT2D eigenvalue weighted by atomic mass is 10.0.